The van der Waals surface area contributed by atoms with Crippen molar-refractivity contribution in [3.63, 3.8) is 0 Å². The summed E-state index contributed by atoms with van der Waals surface area (Å²) >= 11 is 6.62. The molecule has 1 aliphatic rings. The molecule has 8 N–H and O–H groups in total. The van der Waals surface area contributed by atoms with E-state index in [0.29, 0.717) is 22.6 Å². The number of rotatable bonds is 9. The van der Waals surface area contributed by atoms with Crippen molar-refractivity contribution in [2.75, 3.05) is 21.7 Å². The van der Waals surface area contributed by atoms with Crippen LogP contribution in [0.5, 0.6) is 0 Å². The number of aromatic nitrogens is 3. The average molecular weight is 742 g/mol. The largest absolute Gasteiger partial charge is 0.397 e. The van der Waals surface area contributed by atoms with Crippen molar-refractivity contribution in [1.29, 1.82) is 0 Å². The van der Waals surface area contributed by atoms with Crippen LogP contribution in [0.1, 0.15) is 31.8 Å². The second kappa shape index (κ2) is 12.7. The summed E-state index contributed by atoms with van der Waals surface area (Å²) in [6, 6.07) is 16.6. The van der Waals surface area contributed by atoms with Crippen molar-refractivity contribution >= 4 is 95.8 Å². The third kappa shape index (κ3) is 6.76. The smallest absolute Gasteiger partial charge is 0.296 e. The Kier molecular flexibility index (Phi) is 8.75. The lowest BCUT2D eigenvalue weighted by Crippen LogP contribution is -2.25. The van der Waals surface area contributed by atoms with Gasteiger partial charge in [-0.2, -0.15) is 31.8 Å². The first-order chi connectivity index (χ1) is 23.1. The Morgan fingerprint density at radius 2 is 1.24 bits per heavy atom. The molecule has 5 aromatic rings. The summed E-state index contributed by atoms with van der Waals surface area (Å²) in [6.07, 6.45) is 0. The Bertz CT molecular complexity index is 2430. The number of nitrogen functional groups attached to an aromatic ring is 1. The quantitative estimate of drug-likeness (QED) is 0.0572. The number of ketones is 2. The molecule has 0 bridgehead atoms. The average Bonchev–Trinajstić information content (AvgIpc) is 3.04. The number of halogens is 1. The van der Waals surface area contributed by atoms with Gasteiger partial charge in [0.1, 0.15) is 9.79 Å². The minimum Gasteiger partial charge on any atom is -0.397 e. The number of nitrogens with one attached hydrogen (secondary N) is 3. The molecule has 16 nitrogen and oxygen atoms in total. The molecule has 1 aromatic heterocycles. The van der Waals surface area contributed by atoms with E-state index >= 15 is 0 Å². The molecule has 0 saturated heterocycles. The number of nitrogens with two attached hydrogens (primary N) is 1. The van der Waals surface area contributed by atoms with Gasteiger partial charge in [-0.3, -0.25) is 18.7 Å². The minimum atomic E-state index is -5.02. The van der Waals surface area contributed by atoms with Crippen molar-refractivity contribution in [2.24, 2.45) is 0 Å². The predicted octanol–water partition coefficient (Wildman–Crippen LogP) is 5.17. The Labute approximate surface area is 286 Å². The maximum atomic E-state index is 13.6. The molecule has 0 unspecified atom stereocenters. The molecular weight excluding hydrogens is 722 g/mol. The monoisotopic (exact) mass is 741 g/mol. The SMILES string of the molecule is Nc1c(S(=O)(=O)O)cc(Nc2ccc(Nc3nc(Cl)nc(Nc4ccc(SO)cc4)n3)c(S(=O)(=O)O)c2)c2c1C(=O)c1ccccc1C2=O. The lowest BCUT2D eigenvalue weighted by Gasteiger charge is -2.24. The van der Waals surface area contributed by atoms with Crippen LogP contribution in [0.25, 0.3) is 0 Å². The molecule has 0 atom stereocenters. The Hall–Kier alpha value is -5.15. The van der Waals surface area contributed by atoms with E-state index in [0.717, 1.165) is 12.1 Å². The van der Waals surface area contributed by atoms with E-state index in [2.05, 4.69) is 30.9 Å². The fourth-order valence-corrected chi connectivity index (χ4v) is 6.73. The molecule has 1 aliphatic carbocycles. The summed E-state index contributed by atoms with van der Waals surface area (Å²) in [5.41, 5.74) is 4.40. The summed E-state index contributed by atoms with van der Waals surface area (Å²) in [5, 5.41) is 7.97. The third-order valence-electron chi connectivity index (χ3n) is 7.09. The first kappa shape index (κ1) is 33.7. The Morgan fingerprint density at radius 3 is 1.84 bits per heavy atom. The van der Waals surface area contributed by atoms with Crippen molar-refractivity contribution in [3.8, 4) is 0 Å². The molecule has 0 radical (unpaired) electrons. The van der Waals surface area contributed by atoms with Crippen LogP contribution in [0.3, 0.4) is 0 Å². The van der Waals surface area contributed by atoms with Gasteiger partial charge in [0.2, 0.25) is 17.2 Å². The first-order valence-electron chi connectivity index (χ1n) is 13.5. The predicted molar refractivity (Wildman–Crippen MR) is 180 cm³/mol. The van der Waals surface area contributed by atoms with E-state index < -0.39 is 52.8 Å². The zero-order valence-corrected chi connectivity index (χ0v) is 27.4. The first-order valence-corrected chi connectivity index (χ1v) is 17.5. The standard InChI is InChI=1S/C29H20ClN7O9S3/c30-27-35-28(33-13-5-8-15(47-40)9-6-13)37-29(36-27)34-18-10-7-14(11-20(18)48(41,42)43)32-19-12-21(49(44,45)46)24(31)23-22(19)25(38)16-3-1-2-4-17(16)26(23)39/h1-12,32,40H,31H2,(H,41,42,43)(H,44,45,46)(H2,33,34,35,36,37). The van der Waals surface area contributed by atoms with E-state index in [9.17, 15) is 35.5 Å². The number of anilines is 7. The van der Waals surface area contributed by atoms with Crippen LogP contribution in [0.15, 0.2) is 87.5 Å². The van der Waals surface area contributed by atoms with Crippen molar-refractivity contribution in [2.45, 2.75) is 14.7 Å². The fraction of sp³-hybridized carbons (Fsp3) is 0. The molecule has 6 rings (SSSR count). The van der Waals surface area contributed by atoms with Crippen LogP contribution in [0.4, 0.5) is 40.3 Å². The summed E-state index contributed by atoms with van der Waals surface area (Å²) < 4.78 is 78.7. The van der Waals surface area contributed by atoms with Crippen LogP contribution < -0.4 is 21.7 Å². The van der Waals surface area contributed by atoms with Gasteiger partial charge in [-0.05, 0) is 60.1 Å². The summed E-state index contributed by atoms with van der Waals surface area (Å²) in [4.78, 5) is 38.1. The zero-order valence-electron chi connectivity index (χ0n) is 24.2. The molecule has 4 aromatic carbocycles. The van der Waals surface area contributed by atoms with Crippen LogP contribution in [0.2, 0.25) is 5.28 Å². The van der Waals surface area contributed by atoms with Gasteiger partial charge >= 0.3 is 0 Å². The summed E-state index contributed by atoms with van der Waals surface area (Å²) in [7, 11) is -10.0. The number of benzene rings is 4. The highest BCUT2D eigenvalue weighted by Crippen LogP contribution is 2.40. The molecule has 0 fully saturated rings. The van der Waals surface area contributed by atoms with Crippen LogP contribution >= 0.6 is 23.6 Å². The maximum absolute atomic E-state index is 13.6. The van der Waals surface area contributed by atoms with E-state index in [-0.39, 0.29) is 50.9 Å². The zero-order chi connectivity index (χ0) is 35.2. The van der Waals surface area contributed by atoms with Gasteiger partial charge in [0.15, 0.2) is 11.6 Å². The molecule has 49 heavy (non-hydrogen) atoms. The second-order valence-electron chi connectivity index (χ2n) is 10.2. The van der Waals surface area contributed by atoms with Gasteiger partial charge in [0.25, 0.3) is 20.2 Å². The van der Waals surface area contributed by atoms with E-state index in [4.69, 9.17) is 21.9 Å². The number of hydrogen-bond donors (Lipinski definition) is 7. The Balaban J connectivity index is 1.39. The summed E-state index contributed by atoms with van der Waals surface area (Å²) in [6.45, 7) is 0. The lowest BCUT2D eigenvalue weighted by molar-refractivity contribution is 0.0980. The number of fused-ring (bicyclic) bond motifs is 2. The second-order valence-corrected chi connectivity index (χ2v) is 14.0. The van der Waals surface area contributed by atoms with Crippen LogP contribution in [-0.2, 0) is 20.2 Å². The molecule has 250 valence electrons. The van der Waals surface area contributed by atoms with Crippen molar-refractivity contribution in [1.82, 2.24) is 15.0 Å². The van der Waals surface area contributed by atoms with E-state index in [1.807, 2.05) is 0 Å². The van der Waals surface area contributed by atoms with Crippen LogP contribution in [0, 0.1) is 0 Å². The number of carbonyl (C=O) groups excluding carboxylic acids is 2. The maximum Gasteiger partial charge on any atom is 0.296 e. The fourth-order valence-electron chi connectivity index (χ4n) is 4.99. The molecule has 0 saturated carbocycles. The molecular formula is C29H20ClN7O9S3. The molecule has 0 aliphatic heterocycles. The van der Waals surface area contributed by atoms with Gasteiger partial charge in [-0.15, -0.1) is 0 Å². The molecule has 0 spiro atoms. The normalized spacial score (nSPS) is 12.7. The highest BCUT2D eigenvalue weighted by Gasteiger charge is 2.36. The van der Waals surface area contributed by atoms with E-state index in [1.165, 1.54) is 36.4 Å². The number of nitrogens with zero attached hydrogens (tertiary/aromatic N) is 3. The lowest BCUT2D eigenvalue weighted by atomic mass is 9.82. The topological polar surface area (TPSA) is 264 Å². The molecule has 20 heteroatoms. The van der Waals surface area contributed by atoms with Crippen LogP contribution in [-0.4, -0.2) is 57.0 Å². The number of hydrogen-bond acceptors (Lipinski definition) is 15. The highest BCUT2D eigenvalue weighted by molar-refractivity contribution is 7.93. The van der Waals surface area contributed by atoms with E-state index in [1.54, 1.807) is 24.3 Å². The van der Waals surface area contributed by atoms with Crippen molar-refractivity contribution < 1.29 is 40.1 Å². The van der Waals surface area contributed by atoms with Gasteiger partial charge < -0.3 is 26.2 Å². The van der Waals surface area contributed by atoms with Gasteiger partial charge in [0.05, 0.1) is 28.2 Å². The van der Waals surface area contributed by atoms with Crippen molar-refractivity contribution in [3.05, 3.63) is 100 Å². The molecule has 1 heterocycles. The van der Waals surface area contributed by atoms with Gasteiger partial charge in [0, 0.05) is 39.4 Å². The number of carbonyl (C=O) groups is 2. The summed E-state index contributed by atoms with van der Waals surface area (Å²) in [5.74, 6) is -1.75. The Morgan fingerprint density at radius 1 is 0.673 bits per heavy atom. The van der Waals surface area contributed by atoms with Gasteiger partial charge in [-0.1, -0.05) is 24.3 Å². The highest BCUT2D eigenvalue weighted by atomic mass is 35.5. The van der Waals surface area contributed by atoms with Gasteiger partial charge in [-0.25, -0.2) is 0 Å². The minimum absolute atomic E-state index is 0.00581. The molecule has 0 amide bonds. The third-order valence-corrected chi connectivity index (χ3v) is 9.53.